The predicted molar refractivity (Wildman–Crippen MR) is 91.2 cm³/mol. The van der Waals surface area contributed by atoms with Gasteiger partial charge in [0.05, 0.1) is 15.5 Å². The third-order valence-corrected chi connectivity index (χ3v) is 5.75. The molecule has 0 saturated heterocycles. The fourth-order valence-electron chi connectivity index (χ4n) is 2.24. The van der Waals surface area contributed by atoms with E-state index in [0.717, 1.165) is 30.7 Å². The van der Waals surface area contributed by atoms with Crippen molar-refractivity contribution in [1.82, 2.24) is 0 Å². The Bertz CT molecular complexity index is 1000. The molecule has 0 amide bonds. The monoisotopic (exact) mass is 389 g/mol. The molecule has 0 aliphatic rings. The Balaban J connectivity index is 2.24. The molecule has 2 aromatic rings. The van der Waals surface area contributed by atoms with Gasteiger partial charge < -0.3 is 5.32 Å². The molecule has 136 valence electrons. The van der Waals surface area contributed by atoms with Crippen LogP contribution in [0.2, 0.25) is 0 Å². The van der Waals surface area contributed by atoms with E-state index in [1.54, 1.807) is 0 Å². The van der Waals surface area contributed by atoms with E-state index in [1.807, 2.05) is 0 Å². The summed E-state index contributed by atoms with van der Waals surface area (Å²) in [6.07, 6.45) is 2.15. The summed E-state index contributed by atoms with van der Waals surface area (Å²) in [6, 6.07) is 6.97. The lowest BCUT2D eigenvalue weighted by atomic mass is 10.1. The first kappa shape index (κ1) is 19.3. The number of hydrogen-bond donors (Lipinski definition) is 1. The summed E-state index contributed by atoms with van der Waals surface area (Å²) in [5.41, 5.74) is 0.500. The number of halogens is 2. The Morgan fingerprint density at radius 2 is 1.60 bits per heavy atom. The molecule has 25 heavy (non-hydrogen) atoms. The molecule has 5 nitrogen and oxygen atoms in total. The van der Waals surface area contributed by atoms with Crippen LogP contribution in [0.4, 0.5) is 14.5 Å². The van der Waals surface area contributed by atoms with Gasteiger partial charge in [0.15, 0.2) is 19.7 Å². The summed E-state index contributed by atoms with van der Waals surface area (Å²) in [7, 11) is -7.23. The van der Waals surface area contributed by atoms with E-state index in [9.17, 15) is 25.6 Å². The topological polar surface area (TPSA) is 80.3 Å². The van der Waals surface area contributed by atoms with Crippen LogP contribution in [0.25, 0.3) is 0 Å². The molecule has 1 N–H and O–H groups in total. The third-order valence-electron chi connectivity index (χ3n) is 3.51. The molecular weight excluding hydrogens is 372 g/mol. The van der Waals surface area contributed by atoms with Crippen molar-refractivity contribution in [3.8, 4) is 0 Å². The second kappa shape index (κ2) is 7.09. The van der Waals surface area contributed by atoms with Gasteiger partial charge in [0.2, 0.25) is 0 Å². The summed E-state index contributed by atoms with van der Waals surface area (Å²) in [5.74, 6) is -1.36. The molecule has 0 aromatic heterocycles. The normalized spacial score (nSPS) is 12.2. The van der Waals surface area contributed by atoms with Crippen molar-refractivity contribution in [2.45, 2.75) is 16.2 Å². The lowest BCUT2D eigenvalue weighted by molar-refractivity contribution is 0.572. The van der Waals surface area contributed by atoms with Crippen LogP contribution in [-0.4, -0.2) is 35.9 Å². The van der Waals surface area contributed by atoms with Gasteiger partial charge in [-0.15, -0.1) is 0 Å². The highest BCUT2D eigenvalue weighted by Crippen LogP contribution is 2.25. The zero-order valence-electron chi connectivity index (χ0n) is 13.6. The molecule has 0 heterocycles. The standard InChI is InChI=1S/C16H17F2NO4S2/c1-24(20,21)13-5-6-15(16(10-13)25(2,22)23)19-8-7-11-3-4-12(17)9-14(11)18/h3-6,9-10,19H,7-8H2,1-2H3. The second-order valence-electron chi connectivity index (χ2n) is 5.61. The van der Waals surface area contributed by atoms with Gasteiger partial charge in [-0.2, -0.15) is 0 Å². The summed E-state index contributed by atoms with van der Waals surface area (Å²) in [6.45, 7) is 0.184. The van der Waals surface area contributed by atoms with Gasteiger partial charge in [0, 0.05) is 25.1 Å². The summed E-state index contributed by atoms with van der Waals surface area (Å²) < 4.78 is 73.5. The molecule has 0 atom stereocenters. The van der Waals surface area contributed by atoms with E-state index >= 15 is 0 Å². The minimum absolute atomic E-state index is 0.108. The highest BCUT2D eigenvalue weighted by molar-refractivity contribution is 7.91. The number of sulfone groups is 2. The minimum atomic E-state index is -3.68. The smallest absolute Gasteiger partial charge is 0.177 e. The lowest BCUT2D eigenvalue weighted by Gasteiger charge is -2.12. The van der Waals surface area contributed by atoms with Crippen molar-refractivity contribution in [3.05, 3.63) is 53.6 Å². The van der Waals surface area contributed by atoms with Crippen LogP contribution < -0.4 is 5.32 Å². The van der Waals surface area contributed by atoms with Gasteiger partial charge in [0.25, 0.3) is 0 Å². The number of rotatable bonds is 6. The maximum atomic E-state index is 13.6. The van der Waals surface area contributed by atoms with Gasteiger partial charge in [-0.3, -0.25) is 0 Å². The summed E-state index contributed by atoms with van der Waals surface area (Å²) >= 11 is 0. The number of hydrogen-bond acceptors (Lipinski definition) is 5. The molecule has 0 spiro atoms. The van der Waals surface area contributed by atoms with Crippen molar-refractivity contribution in [3.63, 3.8) is 0 Å². The quantitative estimate of drug-likeness (QED) is 0.821. The lowest BCUT2D eigenvalue weighted by Crippen LogP contribution is -2.11. The maximum absolute atomic E-state index is 13.6. The molecule has 2 rings (SSSR count). The van der Waals surface area contributed by atoms with Crippen LogP contribution in [0.1, 0.15) is 5.56 Å². The zero-order valence-corrected chi connectivity index (χ0v) is 15.2. The van der Waals surface area contributed by atoms with E-state index in [-0.39, 0.29) is 34.0 Å². The number of benzene rings is 2. The zero-order chi connectivity index (χ0) is 18.8. The van der Waals surface area contributed by atoms with Gasteiger partial charge in [-0.1, -0.05) is 6.07 Å². The van der Waals surface area contributed by atoms with Gasteiger partial charge >= 0.3 is 0 Å². The first-order valence-corrected chi connectivity index (χ1v) is 11.0. The van der Waals surface area contributed by atoms with Crippen molar-refractivity contribution in [2.75, 3.05) is 24.4 Å². The van der Waals surface area contributed by atoms with Crippen LogP contribution in [0, 0.1) is 11.6 Å². The van der Waals surface area contributed by atoms with E-state index in [2.05, 4.69) is 5.32 Å². The Hall–Kier alpha value is -2.00. The fraction of sp³-hybridized carbons (Fsp3) is 0.250. The number of nitrogens with one attached hydrogen (secondary N) is 1. The predicted octanol–water partition coefficient (Wildman–Crippen LogP) is 2.43. The molecule has 0 aliphatic carbocycles. The summed E-state index contributed by atoms with van der Waals surface area (Å²) in [5, 5.41) is 2.85. The molecule has 0 radical (unpaired) electrons. The first-order valence-electron chi connectivity index (χ1n) is 7.20. The van der Waals surface area contributed by atoms with Crippen LogP contribution in [0.5, 0.6) is 0 Å². The van der Waals surface area contributed by atoms with Crippen molar-refractivity contribution in [2.24, 2.45) is 0 Å². The van der Waals surface area contributed by atoms with Crippen molar-refractivity contribution >= 4 is 25.4 Å². The van der Waals surface area contributed by atoms with Crippen LogP contribution in [0.3, 0.4) is 0 Å². The Morgan fingerprint density at radius 3 is 2.16 bits per heavy atom. The Labute approximate surface area is 145 Å². The SMILES string of the molecule is CS(=O)(=O)c1ccc(NCCc2ccc(F)cc2F)c(S(C)(=O)=O)c1. The Kier molecular flexibility index (Phi) is 5.48. The van der Waals surface area contributed by atoms with Crippen LogP contribution in [0.15, 0.2) is 46.2 Å². The molecule has 2 aromatic carbocycles. The van der Waals surface area contributed by atoms with E-state index < -0.39 is 31.3 Å². The van der Waals surface area contributed by atoms with Crippen LogP contribution >= 0.6 is 0 Å². The molecule has 0 aliphatic heterocycles. The molecule has 0 unspecified atom stereocenters. The van der Waals surface area contributed by atoms with Gasteiger partial charge in [0.1, 0.15) is 11.6 Å². The average molecular weight is 389 g/mol. The third kappa shape index (κ3) is 4.99. The van der Waals surface area contributed by atoms with Crippen molar-refractivity contribution < 1.29 is 25.6 Å². The Morgan fingerprint density at radius 1 is 0.920 bits per heavy atom. The average Bonchev–Trinajstić information content (AvgIpc) is 2.47. The molecular formula is C16H17F2NO4S2. The summed E-state index contributed by atoms with van der Waals surface area (Å²) in [4.78, 5) is -0.266. The molecule has 0 saturated carbocycles. The van der Waals surface area contributed by atoms with E-state index in [0.29, 0.717) is 0 Å². The minimum Gasteiger partial charge on any atom is -0.384 e. The second-order valence-corrected chi connectivity index (χ2v) is 9.61. The number of anilines is 1. The van der Waals surface area contributed by atoms with Gasteiger partial charge in [-0.25, -0.2) is 25.6 Å². The van der Waals surface area contributed by atoms with Gasteiger partial charge in [-0.05, 0) is 36.2 Å². The highest BCUT2D eigenvalue weighted by atomic mass is 32.2. The first-order chi connectivity index (χ1) is 11.5. The van der Waals surface area contributed by atoms with E-state index in [1.165, 1.54) is 18.2 Å². The molecule has 9 heteroatoms. The fourth-order valence-corrected chi connectivity index (χ4v) is 3.84. The molecule has 0 bridgehead atoms. The maximum Gasteiger partial charge on any atom is 0.177 e. The van der Waals surface area contributed by atoms with Crippen LogP contribution in [-0.2, 0) is 26.1 Å². The van der Waals surface area contributed by atoms with E-state index in [4.69, 9.17) is 0 Å². The highest BCUT2D eigenvalue weighted by Gasteiger charge is 2.18. The largest absolute Gasteiger partial charge is 0.384 e. The molecule has 0 fully saturated rings. The van der Waals surface area contributed by atoms with Crippen molar-refractivity contribution in [1.29, 1.82) is 0 Å².